The molecule has 0 aromatic carbocycles. The third kappa shape index (κ3) is 1.99. The van der Waals surface area contributed by atoms with Crippen LogP contribution in [0.15, 0.2) is 9.27 Å². The molecule has 1 aromatic heterocycles. The standard InChI is InChI=1S/C12H19BrN2O/c1-12(2,3)15-11(16)9(13)10(14-15)8-6-4-5-7-8/h8,14H,4-7H2,1-3H3. The lowest BCUT2D eigenvalue weighted by Crippen LogP contribution is -2.32. The highest BCUT2D eigenvalue weighted by molar-refractivity contribution is 9.10. The van der Waals surface area contributed by atoms with Gasteiger partial charge in [-0.1, -0.05) is 12.8 Å². The molecule has 0 aliphatic heterocycles. The van der Waals surface area contributed by atoms with Crippen LogP contribution in [0.5, 0.6) is 0 Å². The van der Waals surface area contributed by atoms with Gasteiger partial charge in [-0.2, -0.15) is 0 Å². The van der Waals surface area contributed by atoms with Crippen molar-refractivity contribution in [1.29, 1.82) is 0 Å². The van der Waals surface area contributed by atoms with Gasteiger partial charge in [-0.05, 0) is 49.5 Å². The van der Waals surface area contributed by atoms with E-state index in [1.54, 1.807) is 4.68 Å². The molecule has 0 radical (unpaired) electrons. The van der Waals surface area contributed by atoms with Crippen molar-refractivity contribution in [2.75, 3.05) is 0 Å². The van der Waals surface area contributed by atoms with Crippen LogP contribution >= 0.6 is 15.9 Å². The molecule has 1 aliphatic rings. The summed E-state index contributed by atoms with van der Waals surface area (Å²) < 4.78 is 2.46. The van der Waals surface area contributed by atoms with E-state index in [1.165, 1.54) is 25.7 Å². The molecule has 1 saturated carbocycles. The fourth-order valence-electron chi connectivity index (χ4n) is 2.39. The van der Waals surface area contributed by atoms with E-state index in [0.717, 1.165) is 10.2 Å². The summed E-state index contributed by atoms with van der Waals surface area (Å²) in [5.41, 5.74) is 0.975. The number of aromatic amines is 1. The molecule has 0 amide bonds. The molecule has 1 heterocycles. The second kappa shape index (κ2) is 4.06. The van der Waals surface area contributed by atoms with Gasteiger partial charge in [-0.25, -0.2) is 4.68 Å². The van der Waals surface area contributed by atoms with Crippen LogP contribution in [-0.2, 0) is 5.54 Å². The Morgan fingerprint density at radius 1 is 1.31 bits per heavy atom. The summed E-state index contributed by atoms with van der Waals surface area (Å²) >= 11 is 3.44. The Hall–Kier alpha value is -0.510. The number of aromatic nitrogens is 2. The lowest BCUT2D eigenvalue weighted by molar-refractivity contribution is 0.342. The van der Waals surface area contributed by atoms with Gasteiger partial charge < -0.3 is 0 Å². The Morgan fingerprint density at radius 2 is 1.88 bits per heavy atom. The minimum absolute atomic E-state index is 0.0643. The van der Waals surface area contributed by atoms with Gasteiger partial charge in [-0.3, -0.25) is 9.89 Å². The highest BCUT2D eigenvalue weighted by Gasteiger charge is 2.26. The quantitative estimate of drug-likeness (QED) is 0.845. The molecular weight excluding hydrogens is 268 g/mol. The van der Waals surface area contributed by atoms with Crippen molar-refractivity contribution in [3.63, 3.8) is 0 Å². The van der Waals surface area contributed by atoms with E-state index in [9.17, 15) is 4.79 Å². The summed E-state index contributed by atoms with van der Waals surface area (Å²) in [7, 11) is 0. The lowest BCUT2D eigenvalue weighted by Gasteiger charge is -2.19. The predicted molar refractivity (Wildman–Crippen MR) is 69.0 cm³/mol. The number of hydrogen-bond acceptors (Lipinski definition) is 1. The summed E-state index contributed by atoms with van der Waals surface area (Å²) in [4.78, 5) is 12.1. The third-order valence-electron chi connectivity index (χ3n) is 3.29. The highest BCUT2D eigenvalue weighted by atomic mass is 79.9. The molecule has 1 aliphatic carbocycles. The normalized spacial score (nSPS) is 18.2. The van der Waals surface area contributed by atoms with Crippen molar-refractivity contribution >= 4 is 15.9 Å². The summed E-state index contributed by atoms with van der Waals surface area (Å²) in [6, 6.07) is 0. The molecule has 4 heteroatoms. The van der Waals surface area contributed by atoms with Gasteiger partial charge in [0.2, 0.25) is 0 Å². The molecule has 1 fully saturated rings. The molecule has 0 saturated heterocycles. The number of nitrogens with one attached hydrogen (secondary N) is 1. The van der Waals surface area contributed by atoms with Crippen molar-refractivity contribution in [3.05, 3.63) is 20.5 Å². The molecule has 16 heavy (non-hydrogen) atoms. The fourth-order valence-corrected chi connectivity index (χ4v) is 2.98. The summed E-state index contributed by atoms with van der Waals surface area (Å²) in [6.07, 6.45) is 4.95. The molecule has 0 unspecified atom stereocenters. The number of nitrogens with zero attached hydrogens (tertiary/aromatic N) is 1. The number of H-pyrrole nitrogens is 1. The molecule has 1 aromatic rings. The van der Waals surface area contributed by atoms with Crippen LogP contribution in [0.25, 0.3) is 0 Å². The molecule has 2 rings (SSSR count). The van der Waals surface area contributed by atoms with E-state index in [0.29, 0.717) is 5.92 Å². The van der Waals surface area contributed by atoms with Crippen LogP contribution in [0, 0.1) is 0 Å². The molecular formula is C12H19BrN2O. The first-order valence-corrected chi connectivity index (χ1v) is 6.71. The van der Waals surface area contributed by atoms with Crippen molar-refractivity contribution < 1.29 is 0 Å². The second-order valence-electron chi connectivity index (χ2n) is 5.63. The van der Waals surface area contributed by atoms with Gasteiger partial charge in [0.1, 0.15) is 4.47 Å². The minimum atomic E-state index is -0.184. The molecule has 3 nitrogen and oxygen atoms in total. The van der Waals surface area contributed by atoms with Gasteiger partial charge in [-0.15, -0.1) is 0 Å². The molecule has 0 atom stereocenters. The Morgan fingerprint density at radius 3 is 2.31 bits per heavy atom. The molecule has 0 spiro atoms. The Balaban J connectivity index is 2.45. The maximum atomic E-state index is 12.1. The van der Waals surface area contributed by atoms with Crippen LogP contribution in [0.3, 0.4) is 0 Å². The van der Waals surface area contributed by atoms with Crippen molar-refractivity contribution in [1.82, 2.24) is 9.78 Å². The smallest absolute Gasteiger partial charge is 0.281 e. The molecule has 1 N–H and O–H groups in total. The van der Waals surface area contributed by atoms with Crippen molar-refractivity contribution in [2.45, 2.75) is 57.9 Å². The molecule has 0 bridgehead atoms. The largest absolute Gasteiger partial charge is 0.298 e. The van der Waals surface area contributed by atoms with Crippen LogP contribution < -0.4 is 5.56 Å². The number of halogens is 1. The zero-order valence-corrected chi connectivity index (χ0v) is 11.7. The first kappa shape index (κ1) is 12.0. The predicted octanol–water partition coefficient (Wildman–Crippen LogP) is 3.35. The second-order valence-corrected chi connectivity index (χ2v) is 6.43. The first-order chi connectivity index (χ1) is 7.41. The minimum Gasteiger partial charge on any atom is -0.298 e. The van der Waals surface area contributed by atoms with Crippen LogP contribution in [0.4, 0.5) is 0 Å². The molecule has 90 valence electrons. The van der Waals surface area contributed by atoms with Gasteiger partial charge >= 0.3 is 0 Å². The SMILES string of the molecule is CC(C)(C)n1[nH]c(C2CCCC2)c(Br)c1=O. The van der Waals surface area contributed by atoms with Crippen LogP contribution in [-0.4, -0.2) is 9.78 Å². The monoisotopic (exact) mass is 286 g/mol. The van der Waals surface area contributed by atoms with Crippen LogP contribution in [0.2, 0.25) is 0 Å². The summed E-state index contributed by atoms with van der Waals surface area (Å²) in [5.74, 6) is 0.533. The van der Waals surface area contributed by atoms with Gasteiger partial charge in [0.25, 0.3) is 5.56 Å². The van der Waals surface area contributed by atoms with Gasteiger partial charge in [0, 0.05) is 5.92 Å². The van der Waals surface area contributed by atoms with Crippen LogP contribution in [0.1, 0.15) is 58.1 Å². The van der Waals surface area contributed by atoms with E-state index < -0.39 is 0 Å². The van der Waals surface area contributed by atoms with E-state index in [4.69, 9.17) is 0 Å². The van der Waals surface area contributed by atoms with Crippen molar-refractivity contribution in [2.24, 2.45) is 0 Å². The Kier molecular flexibility index (Phi) is 3.03. The third-order valence-corrected chi connectivity index (χ3v) is 4.06. The van der Waals surface area contributed by atoms with E-state index in [-0.39, 0.29) is 11.1 Å². The average molecular weight is 287 g/mol. The summed E-state index contributed by atoms with van der Waals surface area (Å²) in [5, 5.41) is 3.29. The number of rotatable bonds is 1. The average Bonchev–Trinajstić information content (AvgIpc) is 2.75. The van der Waals surface area contributed by atoms with E-state index >= 15 is 0 Å². The van der Waals surface area contributed by atoms with E-state index in [1.807, 2.05) is 20.8 Å². The highest BCUT2D eigenvalue weighted by Crippen LogP contribution is 2.35. The topological polar surface area (TPSA) is 37.8 Å². The van der Waals surface area contributed by atoms with Gasteiger partial charge in [0.15, 0.2) is 0 Å². The summed E-state index contributed by atoms with van der Waals surface area (Å²) in [6.45, 7) is 6.11. The lowest BCUT2D eigenvalue weighted by atomic mass is 10.1. The fraction of sp³-hybridized carbons (Fsp3) is 0.750. The Bertz CT molecular complexity index is 433. The van der Waals surface area contributed by atoms with Gasteiger partial charge in [0.05, 0.1) is 11.2 Å². The maximum absolute atomic E-state index is 12.1. The number of hydrogen-bond donors (Lipinski definition) is 1. The zero-order valence-electron chi connectivity index (χ0n) is 10.1. The van der Waals surface area contributed by atoms with E-state index in [2.05, 4.69) is 21.0 Å². The Labute approximate surface area is 104 Å². The zero-order chi connectivity index (χ0) is 11.9. The maximum Gasteiger partial charge on any atom is 0.281 e. The van der Waals surface area contributed by atoms with Crippen molar-refractivity contribution in [3.8, 4) is 0 Å². The first-order valence-electron chi connectivity index (χ1n) is 5.92.